The van der Waals surface area contributed by atoms with E-state index >= 15 is 0 Å². The molecule has 0 heterocycles. The lowest BCUT2D eigenvalue weighted by molar-refractivity contribution is -0.885. The summed E-state index contributed by atoms with van der Waals surface area (Å²) in [7, 11) is 5.26. The molecule has 2 aromatic rings. The van der Waals surface area contributed by atoms with Gasteiger partial charge in [-0.2, -0.15) is 0 Å². The highest BCUT2D eigenvalue weighted by Gasteiger charge is 2.18. The van der Waals surface area contributed by atoms with Crippen LogP contribution >= 0.6 is 0 Å². The van der Waals surface area contributed by atoms with Crippen LogP contribution in [-0.2, 0) is 16.1 Å². The summed E-state index contributed by atoms with van der Waals surface area (Å²) in [6.45, 7) is 4.94. The molecule has 150 valence electrons. The number of ether oxygens (including phenoxy) is 1. The summed E-state index contributed by atoms with van der Waals surface area (Å²) in [4.78, 5) is 27.4. The zero-order valence-corrected chi connectivity index (χ0v) is 17.3. The third-order valence-corrected chi connectivity index (χ3v) is 4.65. The molecule has 0 radical (unpaired) electrons. The van der Waals surface area contributed by atoms with Gasteiger partial charge in [-0.3, -0.25) is 9.59 Å². The predicted octanol–water partition coefficient (Wildman–Crippen LogP) is 1.42. The SMILES string of the molecule is COc1cccc(C[NH+](C)CC(=O)N(C)CC(=O)Nc2c(C)cccc2C)c1. The minimum Gasteiger partial charge on any atom is -0.497 e. The van der Waals surface area contributed by atoms with Crippen LogP contribution in [0.3, 0.4) is 0 Å². The monoisotopic (exact) mass is 384 g/mol. The van der Waals surface area contributed by atoms with Crippen LogP contribution in [0.5, 0.6) is 5.75 Å². The molecule has 0 spiro atoms. The van der Waals surface area contributed by atoms with Crippen molar-refractivity contribution in [2.45, 2.75) is 20.4 Å². The van der Waals surface area contributed by atoms with Crippen molar-refractivity contribution in [2.24, 2.45) is 0 Å². The highest BCUT2D eigenvalue weighted by molar-refractivity contribution is 5.95. The van der Waals surface area contributed by atoms with Gasteiger partial charge in [0.2, 0.25) is 5.91 Å². The number of carbonyl (C=O) groups is 2. The molecule has 0 bridgehead atoms. The normalized spacial score (nSPS) is 11.6. The first-order chi connectivity index (χ1) is 13.3. The number of benzene rings is 2. The number of quaternary nitrogens is 1. The highest BCUT2D eigenvalue weighted by atomic mass is 16.5. The van der Waals surface area contributed by atoms with Gasteiger partial charge in [0.15, 0.2) is 6.54 Å². The van der Waals surface area contributed by atoms with E-state index in [1.807, 2.05) is 63.4 Å². The van der Waals surface area contributed by atoms with E-state index in [0.29, 0.717) is 13.1 Å². The lowest BCUT2D eigenvalue weighted by Crippen LogP contribution is -3.08. The van der Waals surface area contributed by atoms with E-state index in [2.05, 4.69) is 5.32 Å². The van der Waals surface area contributed by atoms with Crippen LogP contribution in [-0.4, -0.2) is 51.0 Å². The first kappa shape index (κ1) is 21.4. The summed E-state index contributed by atoms with van der Waals surface area (Å²) in [5.74, 6) is 0.535. The summed E-state index contributed by atoms with van der Waals surface area (Å²) in [6.07, 6.45) is 0. The smallest absolute Gasteiger partial charge is 0.277 e. The summed E-state index contributed by atoms with van der Waals surface area (Å²) >= 11 is 0. The van der Waals surface area contributed by atoms with E-state index in [0.717, 1.165) is 33.0 Å². The number of methoxy groups -OCH3 is 1. The van der Waals surface area contributed by atoms with Crippen molar-refractivity contribution in [1.82, 2.24) is 4.90 Å². The molecule has 28 heavy (non-hydrogen) atoms. The Kier molecular flexibility index (Phi) is 7.58. The molecular formula is C22H30N3O3+. The molecule has 0 saturated carbocycles. The van der Waals surface area contributed by atoms with Gasteiger partial charge in [-0.05, 0) is 37.1 Å². The van der Waals surface area contributed by atoms with Gasteiger partial charge in [0.25, 0.3) is 5.91 Å². The third kappa shape index (κ3) is 6.09. The molecule has 6 nitrogen and oxygen atoms in total. The number of aryl methyl sites for hydroxylation is 2. The summed E-state index contributed by atoms with van der Waals surface area (Å²) in [5.41, 5.74) is 3.92. The van der Waals surface area contributed by atoms with Crippen molar-refractivity contribution in [3.05, 3.63) is 59.2 Å². The van der Waals surface area contributed by atoms with Crippen molar-refractivity contribution in [1.29, 1.82) is 0 Å². The number of anilines is 1. The van der Waals surface area contributed by atoms with Crippen LogP contribution in [0.15, 0.2) is 42.5 Å². The van der Waals surface area contributed by atoms with Gasteiger partial charge in [-0.15, -0.1) is 0 Å². The van der Waals surface area contributed by atoms with Crippen molar-refractivity contribution in [3.8, 4) is 5.75 Å². The molecule has 0 fully saturated rings. The Balaban J connectivity index is 1.86. The molecule has 0 aliphatic carbocycles. The van der Waals surface area contributed by atoms with Crippen molar-refractivity contribution in [2.75, 3.05) is 39.6 Å². The second kappa shape index (κ2) is 9.90. The van der Waals surface area contributed by atoms with Crippen LogP contribution in [0.25, 0.3) is 0 Å². The number of nitrogens with one attached hydrogen (secondary N) is 2. The zero-order chi connectivity index (χ0) is 20.7. The molecule has 2 N–H and O–H groups in total. The average Bonchev–Trinajstić information content (AvgIpc) is 2.64. The lowest BCUT2D eigenvalue weighted by Gasteiger charge is -2.20. The first-order valence-electron chi connectivity index (χ1n) is 9.34. The van der Waals surface area contributed by atoms with Gasteiger partial charge in [0.05, 0.1) is 20.7 Å². The minimum absolute atomic E-state index is 0.0268. The fourth-order valence-electron chi connectivity index (χ4n) is 3.08. The van der Waals surface area contributed by atoms with E-state index in [4.69, 9.17) is 4.74 Å². The second-order valence-electron chi connectivity index (χ2n) is 7.23. The first-order valence-corrected chi connectivity index (χ1v) is 9.34. The number of rotatable bonds is 8. The standard InChI is InChI=1S/C22H29N3O3/c1-16-8-6-9-17(2)22(16)23-20(26)14-25(4)21(27)15-24(3)13-18-10-7-11-19(12-18)28-5/h6-12H,13-15H2,1-5H3,(H,23,26)/p+1. The number of hydrogen-bond donors (Lipinski definition) is 2. The van der Waals surface area contributed by atoms with Crippen molar-refractivity contribution >= 4 is 17.5 Å². The van der Waals surface area contributed by atoms with Crippen LogP contribution in [0.1, 0.15) is 16.7 Å². The Bertz CT molecular complexity index is 815. The Morgan fingerprint density at radius 2 is 1.75 bits per heavy atom. The molecule has 1 atom stereocenters. The number of carbonyl (C=O) groups excluding carboxylic acids is 2. The quantitative estimate of drug-likeness (QED) is 0.724. The summed E-state index contributed by atoms with van der Waals surface area (Å²) in [6, 6.07) is 13.7. The summed E-state index contributed by atoms with van der Waals surface area (Å²) < 4.78 is 5.24. The molecule has 6 heteroatoms. The number of likely N-dealkylation sites (N-methyl/N-ethyl adjacent to an activating group) is 2. The van der Waals surface area contributed by atoms with Crippen molar-refractivity contribution in [3.63, 3.8) is 0 Å². The lowest BCUT2D eigenvalue weighted by atomic mass is 10.1. The highest BCUT2D eigenvalue weighted by Crippen LogP contribution is 2.19. The number of para-hydroxylation sites is 1. The van der Waals surface area contributed by atoms with Crippen LogP contribution in [0, 0.1) is 13.8 Å². The van der Waals surface area contributed by atoms with Crippen LogP contribution < -0.4 is 15.0 Å². The minimum atomic E-state index is -0.196. The molecule has 0 aliphatic rings. The maximum atomic E-state index is 12.5. The second-order valence-corrected chi connectivity index (χ2v) is 7.23. The third-order valence-electron chi connectivity index (χ3n) is 4.65. The molecule has 1 unspecified atom stereocenters. The van der Waals surface area contributed by atoms with Crippen LogP contribution in [0.2, 0.25) is 0 Å². The van der Waals surface area contributed by atoms with E-state index in [1.165, 1.54) is 4.90 Å². The average molecular weight is 385 g/mol. The Hall–Kier alpha value is -2.86. The molecule has 0 aromatic heterocycles. The Labute approximate surface area is 167 Å². The number of nitrogens with zero attached hydrogens (tertiary/aromatic N) is 1. The number of hydrogen-bond acceptors (Lipinski definition) is 3. The van der Waals surface area contributed by atoms with E-state index in [-0.39, 0.29) is 18.4 Å². The molecule has 2 rings (SSSR count). The Morgan fingerprint density at radius 1 is 1.11 bits per heavy atom. The maximum Gasteiger partial charge on any atom is 0.277 e. The molecule has 2 amide bonds. The van der Waals surface area contributed by atoms with Gasteiger partial charge >= 0.3 is 0 Å². The van der Waals surface area contributed by atoms with E-state index in [1.54, 1.807) is 14.2 Å². The van der Waals surface area contributed by atoms with Gasteiger partial charge in [0.1, 0.15) is 12.3 Å². The van der Waals surface area contributed by atoms with Gasteiger partial charge in [-0.25, -0.2) is 0 Å². The largest absolute Gasteiger partial charge is 0.497 e. The van der Waals surface area contributed by atoms with Gasteiger partial charge in [-0.1, -0.05) is 30.3 Å². The fraction of sp³-hybridized carbons (Fsp3) is 0.364. The predicted molar refractivity (Wildman–Crippen MR) is 111 cm³/mol. The summed E-state index contributed by atoms with van der Waals surface area (Å²) in [5, 5.41) is 2.92. The Morgan fingerprint density at radius 3 is 2.39 bits per heavy atom. The molecular weight excluding hydrogens is 354 g/mol. The van der Waals surface area contributed by atoms with Crippen LogP contribution in [0.4, 0.5) is 5.69 Å². The number of amides is 2. The molecule has 0 aliphatic heterocycles. The van der Waals surface area contributed by atoms with E-state index in [9.17, 15) is 9.59 Å². The fourth-order valence-corrected chi connectivity index (χ4v) is 3.08. The van der Waals surface area contributed by atoms with Gasteiger partial charge in [0, 0.05) is 18.3 Å². The van der Waals surface area contributed by atoms with Crippen molar-refractivity contribution < 1.29 is 19.2 Å². The zero-order valence-electron chi connectivity index (χ0n) is 17.3. The molecule has 0 saturated heterocycles. The topological polar surface area (TPSA) is 63.1 Å². The van der Waals surface area contributed by atoms with Gasteiger partial charge < -0.3 is 19.9 Å². The molecule has 2 aromatic carbocycles. The maximum absolute atomic E-state index is 12.5. The van der Waals surface area contributed by atoms with E-state index < -0.39 is 0 Å².